The van der Waals surface area contributed by atoms with Crippen molar-refractivity contribution in [2.45, 2.75) is 24.8 Å². The molecule has 2 aromatic carbocycles. The molecule has 0 saturated carbocycles. The lowest BCUT2D eigenvalue weighted by Crippen LogP contribution is -2.08. The number of halogens is 1. The molecule has 4 nitrogen and oxygen atoms in total. The fourth-order valence-electron chi connectivity index (χ4n) is 2.20. The molecular formula is C17H20FNO3S. The summed E-state index contributed by atoms with van der Waals surface area (Å²) in [5.41, 5.74) is 1.66. The van der Waals surface area contributed by atoms with Gasteiger partial charge in [-0.2, -0.15) is 0 Å². The van der Waals surface area contributed by atoms with E-state index in [-0.39, 0.29) is 17.5 Å². The lowest BCUT2D eigenvalue weighted by molar-refractivity contribution is 0.385. The van der Waals surface area contributed by atoms with E-state index in [0.29, 0.717) is 4.90 Å². The van der Waals surface area contributed by atoms with Crippen LogP contribution in [0.5, 0.6) is 5.75 Å². The molecule has 1 N–H and O–H groups in total. The van der Waals surface area contributed by atoms with Crippen molar-refractivity contribution in [2.75, 3.05) is 18.2 Å². The number of anilines is 1. The molecule has 0 aromatic heterocycles. The lowest BCUT2D eigenvalue weighted by Gasteiger charge is -2.17. The second-order valence-electron chi connectivity index (χ2n) is 5.19. The van der Waals surface area contributed by atoms with Crippen LogP contribution in [0.4, 0.5) is 10.1 Å². The van der Waals surface area contributed by atoms with Crippen molar-refractivity contribution in [1.29, 1.82) is 0 Å². The second kappa shape index (κ2) is 7.00. The highest BCUT2D eigenvalue weighted by Crippen LogP contribution is 2.25. The number of hydrogen-bond donors (Lipinski definition) is 1. The van der Waals surface area contributed by atoms with Gasteiger partial charge in [-0.3, -0.25) is 0 Å². The molecule has 0 heterocycles. The van der Waals surface area contributed by atoms with E-state index in [1.165, 1.54) is 13.2 Å². The number of sulfone groups is 1. The fraction of sp³-hybridized carbons (Fsp3) is 0.294. The van der Waals surface area contributed by atoms with Gasteiger partial charge < -0.3 is 10.1 Å². The average Bonchev–Trinajstić information content (AvgIpc) is 2.55. The minimum absolute atomic E-state index is 0.0750. The summed E-state index contributed by atoms with van der Waals surface area (Å²) >= 11 is 0. The first kappa shape index (κ1) is 17.3. The minimum Gasteiger partial charge on any atom is -0.494 e. The SMILES string of the molecule is CCS(=O)(=O)c1ccc(NC(C)c2ccc(F)c(OC)c2)cc1. The van der Waals surface area contributed by atoms with E-state index in [9.17, 15) is 12.8 Å². The molecule has 2 rings (SSSR count). The van der Waals surface area contributed by atoms with Crippen LogP contribution >= 0.6 is 0 Å². The third-order valence-corrected chi connectivity index (χ3v) is 5.40. The summed E-state index contributed by atoms with van der Waals surface area (Å²) in [7, 11) is -1.77. The van der Waals surface area contributed by atoms with E-state index in [0.717, 1.165) is 11.3 Å². The monoisotopic (exact) mass is 337 g/mol. The molecule has 0 aliphatic rings. The summed E-state index contributed by atoms with van der Waals surface area (Å²) in [5.74, 6) is -0.135. The van der Waals surface area contributed by atoms with E-state index in [2.05, 4.69) is 5.32 Å². The molecule has 0 aliphatic heterocycles. The van der Waals surface area contributed by atoms with Gasteiger partial charge in [-0.1, -0.05) is 13.0 Å². The molecule has 23 heavy (non-hydrogen) atoms. The third kappa shape index (κ3) is 4.01. The van der Waals surface area contributed by atoms with E-state index in [1.54, 1.807) is 43.3 Å². The Hall–Kier alpha value is -2.08. The summed E-state index contributed by atoms with van der Waals surface area (Å²) < 4.78 is 42.0. The molecule has 1 atom stereocenters. The molecule has 2 aromatic rings. The summed E-state index contributed by atoms with van der Waals surface area (Å²) in [5, 5.41) is 3.25. The van der Waals surface area contributed by atoms with Gasteiger partial charge in [-0.15, -0.1) is 0 Å². The summed E-state index contributed by atoms with van der Waals surface area (Å²) in [6.45, 7) is 3.55. The number of benzene rings is 2. The van der Waals surface area contributed by atoms with Crippen LogP contribution in [0, 0.1) is 5.82 Å². The highest BCUT2D eigenvalue weighted by Gasteiger charge is 2.12. The molecule has 0 radical (unpaired) electrons. The Bertz CT molecular complexity index is 773. The van der Waals surface area contributed by atoms with Gasteiger partial charge in [0.15, 0.2) is 21.4 Å². The predicted molar refractivity (Wildman–Crippen MR) is 89.2 cm³/mol. The molecule has 6 heteroatoms. The zero-order valence-electron chi connectivity index (χ0n) is 13.3. The van der Waals surface area contributed by atoms with Gasteiger partial charge in [0.25, 0.3) is 0 Å². The predicted octanol–water partition coefficient (Wildman–Crippen LogP) is 3.80. The Kier molecular flexibility index (Phi) is 5.26. The van der Waals surface area contributed by atoms with Crippen molar-refractivity contribution >= 4 is 15.5 Å². The van der Waals surface area contributed by atoms with Gasteiger partial charge in [0.2, 0.25) is 0 Å². The first-order chi connectivity index (χ1) is 10.9. The van der Waals surface area contributed by atoms with Crippen molar-refractivity contribution in [2.24, 2.45) is 0 Å². The number of hydrogen-bond acceptors (Lipinski definition) is 4. The summed E-state index contributed by atoms with van der Waals surface area (Å²) in [6, 6.07) is 11.2. The van der Waals surface area contributed by atoms with Crippen LogP contribution in [0.3, 0.4) is 0 Å². The van der Waals surface area contributed by atoms with Gasteiger partial charge >= 0.3 is 0 Å². The van der Waals surface area contributed by atoms with Crippen molar-refractivity contribution in [3.8, 4) is 5.75 Å². The third-order valence-electron chi connectivity index (χ3n) is 3.65. The van der Waals surface area contributed by atoms with Crippen LogP contribution in [-0.4, -0.2) is 21.3 Å². The number of rotatable bonds is 6. The Morgan fingerprint density at radius 3 is 2.39 bits per heavy atom. The zero-order valence-corrected chi connectivity index (χ0v) is 14.2. The maximum Gasteiger partial charge on any atom is 0.178 e. The van der Waals surface area contributed by atoms with E-state index >= 15 is 0 Å². The normalized spacial score (nSPS) is 12.7. The Balaban J connectivity index is 2.16. The molecule has 124 valence electrons. The highest BCUT2D eigenvalue weighted by atomic mass is 32.2. The van der Waals surface area contributed by atoms with E-state index < -0.39 is 15.7 Å². The first-order valence-electron chi connectivity index (χ1n) is 7.30. The summed E-state index contributed by atoms with van der Waals surface area (Å²) in [4.78, 5) is 0.307. The van der Waals surface area contributed by atoms with E-state index in [1.807, 2.05) is 6.92 Å². The number of ether oxygens (including phenoxy) is 1. The van der Waals surface area contributed by atoms with Crippen LogP contribution in [0.2, 0.25) is 0 Å². The van der Waals surface area contributed by atoms with Gasteiger partial charge in [-0.05, 0) is 48.9 Å². The molecule has 0 bridgehead atoms. The quantitative estimate of drug-likeness (QED) is 0.871. The molecule has 0 saturated heterocycles. The molecule has 0 amide bonds. The van der Waals surface area contributed by atoms with Gasteiger partial charge in [-0.25, -0.2) is 12.8 Å². The molecule has 0 aliphatic carbocycles. The maximum absolute atomic E-state index is 13.4. The second-order valence-corrected chi connectivity index (χ2v) is 7.47. The Morgan fingerprint density at radius 1 is 1.17 bits per heavy atom. The zero-order chi connectivity index (χ0) is 17.0. The van der Waals surface area contributed by atoms with E-state index in [4.69, 9.17) is 4.74 Å². The highest BCUT2D eigenvalue weighted by molar-refractivity contribution is 7.91. The van der Waals surface area contributed by atoms with Crippen molar-refractivity contribution < 1.29 is 17.5 Å². The van der Waals surface area contributed by atoms with Crippen LogP contribution in [0.1, 0.15) is 25.5 Å². The molecule has 0 fully saturated rings. The van der Waals surface area contributed by atoms with Crippen LogP contribution in [0.25, 0.3) is 0 Å². The first-order valence-corrected chi connectivity index (χ1v) is 8.95. The Morgan fingerprint density at radius 2 is 1.83 bits per heavy atom. The number of nitrogens with one attached hydrogen (secondary N) is 1. The summed E-state index contributed by atoms with van der Waals surface area (Å²) in [6.07, 6.45) is 0. The number of methoxy groups -OCH3 is 1. The van der Waals surface area contributed by atoms with Gasteiger partial charge in [0.05, 0.1) is 17.8 Å². The Labute approximate surface area is 136 Å². The van der Waals surface area contributed by atoms with Gasteiger partial charge in [0, 0.05) is 11.7 Å². The molecular weight excluding hydrogens is 317 g/mol. The standard InChI is InChI=1S/C17H20FNO3S/c1-4-23(20,21)15-8-6-14(7-9-15)19-12(2)13-5-10-16(18)17(11-13)22-3/h5-12,19H,4H2,1-3H3. The van der Waals surface area contributed by atoms with Crippen molar-refractivity contribution in [1.82, 2.24) is 0 Å². The topological polar surface area (TPSA) is 55.4 Å². The van der Waals surface area contributed by atoms with Gasteiger partial charge in [0.1, 0.15) is 0 Å². The minimum atomic E-state index is -3.20. The molecule has 1 unspecified atom stereocenters. The van der Waals surface area contributed by atoms with Crippen molar-refractivity contribution in [3.05, 3.63) is 53.8 Å². The maximum atomic E-state index is 13.4. The van der Waals surface area contributed by atoms with Crippen LogP contribution in [-0.2, 0) is 9.84 Å². The van der Waals surface area contributed by atoms with Crippen molar-refractivity contribution in [3.63, 3.8) is 0 Å². The van der Waals surface area contributed by atoms with Crippen LogP contribution in [0.15, 0.2) is 47.4 Å². The lowest BCUT2D eigenvalue weighted by atomic mass is 10.1. The largest absolute Gasteiger partial charge is 0.494 e. The molecule has 0 spiro atoms. The smallest absolute Gasteiger partial charge is 0.178 e. The van der Waals surface area contributed by atoms with Crippen LogP contribution < -0.4 is 10.1 Å². The fourth-order valence-corrected chi connectivity index (χ4v) is 3.09. The average molecular weight is 337 g/mol.